The predicted molar refractivity (Wildman–Crippen MR) is 78.2 cm³/mol. The van der Waals surface area contributed by atoms with Crippen molar-refractivity contribution in [3.05, 3.63) is 27.7 Å². The molecule has 0 bridgehead atoms. The van der Waals surface area contributed by atoms with Crippen LogP contribution in [0.1, 0.15) is 26.3 Å². The average molecular weight is 288 g/mol. The molecule has 18 heavy (non-hydrogen) atoms. The van der Waals surface area contributed by atoms with Crippen molar-refractivity contribution in [1.82, 2.24) is 0 Å². The molecule has 0 aromatic heterocycles. The van der Waals surface area contributed by atoms with Gasteiger partial charge in [0.1, 0.15) is 0 Å². The average Bonchev–Trinajstić information content (AvgIpc) is 2.28. The molecule has 1 aromatic carbocycles. The van der Waals surface area contributed by atoms with Crippen molar-refractivity contribution < 1.29 is 4.74 Å². The maximum absolute atomic E-state index is 6.41. The first-order valence-corrected chi connectivity index (χ1v) is 6.97. The number of nitrogens with zero attached hydrogens (tertiary/aromatic N) is 1. The van der Waals surface area contributed by atoms with Crippen molar-refractivity contribution in [2.24, 2.45) is 0 Å². The van der Waals surface area contributed by atoms with Crippen LogP contribution < -0.4 is 4.90 Å². The van der Waals surface area contributed by atoms with Crippen LogP contribution in [0.15, 0.2) is 12.1 Å². The van der Waals surface area contributed by atoms with Crippen LogP contribution in [0.25, 0.3) is 0 Å². The highest BCUT2D eigenvalue weighted by atomic mass is 35.5. The van der Waals surface area contributed by atoms with Crippen LogP contribution >= 0.6 is 23.2 Å². The van der Waals surface area contributed by atoms with Crippen molar-refractivity contribution in [1.29, 1.82) is 0 Å². The SMILES string of the molecule is CC(C)(C)c1cc(Cl)c(N2CCOCC2)c(Cl)c1. The predicted octanol–water partition coefficient (Wildman–Crippen LogP) is 4.13. The summed E-state index contributed by atoms with van der Waals surface area (Å²) in [5.41, 5.74) is 2.15. The van der Waals surface area contributed by atoms with Crippen LogP contribution in [0.2, 0.25) is 10.0 Å². The summed E-state index contributed by atoms with van der Waals surface area (Å²) in [6.45, 7) is 9.61. The molecule has 0 unspecified atom stereocenters. The van der Waals surface area contributed by atoms with Crippen LogP contribution in [0.5, 0.6) is 0 Å². The van der Waals surface area contributed by atoms with Gasteiger partial charge in [-0.2, -0.15) is 0 Å². The van der Waals surface area contributed by atoms with E-state index in [1.54, 1.807) is 0 Å². The lowest BCUT2D eigenvalue weighted by molar-refractivity contribution is 0.122. The molecule has 1 aliphatic heterocycles. The highest BCUT2D eigenvalue weighted by Gasteiger charge is 2.21. The molecule has 1 aliphatic rings. The first-order chi connectivity index (χ1) is 8.39. The molecule has 100 valence electrons. The molecular formula is C14H19Cl2NO. The Labute approximate surface area is 119 Å². The van der Waals surface area contributed by atoms with E-state index >= 15 is 0 Å². The van der Waals surface area contributed by atoms with Gasteiger partial charge < -0.3 is 9.64 Å². The maximum atomic E-state index is 6.41. The fraction of sp³-hybridized carbons (Fsp3) is 0.571. The molecule has 1 fully saturated rings. The Morgan fingerprint density at radius 3 is 2.00 bits per heavy atom. The van der Waals surface area contributed by atoms with Crippen LogP contribution in [-0.4, -0.2) is 26.3 Å². The lowest BCUT2D eigenvalue weighted by Gasteiger charge is -2.31. The molecule has 1 saturated heterocycles. The summed E-state index contributed by atoms with van der Waals surface area (Å²) >= 11 is 12.8. The summed E-state index contributed by atoms with van der Waals surface area (Å²) in [5, 5.41) is 1.46. The van der Waals surface area contributed by atoms with Crippen molar-refractivity contribution in [2.45, 2.75) is 26.2 Å². The fourth-order valence-electron chi connectivity index (χ4n) is 2.09. The van der Waals surface area contributed by atoms with E-state index in [0.29, 0.717) is 0 Å². The lowest BCUT2D eigenvalue weighted by atomic mass is 9.87. The zero-order chi connectivity index (χ0) is 13.3. The molecular weight excluding hydrogens is 269 g/mol. The number of morpholine rings is 1. The minimum atomic E-state index is 0.0524. The molecule has 2 rings (SSSR count). The number of hydrogen-bond acceptors (Lipinski definition) is 2. The number of halogens is 2. The molecule has 1 heterocycles. The first kappa shape index (κ1) is 14.0. The number of anilines is 1. The largest absolute Gasteiger partial charge is 0.378 e. The van der Waals surface area contributed by atoms with E-state index in [-0.39, 0.29) is 5.41 Å². The molecule has 2 nitrogen and oxygen atoms in total. The molecule has 4 heteroatoms. The minimum Gasteiger partial charge on any atom is -0.378 e. The molecule has 0 N–H and O–H groups in total. The summed E-state index contributed by atoms with van der Waals surface area (Å²) in [7, 11) is 0. The molecule has 0 amide bonds. The van der Waals surface area contributed by atoms with Crippen LogP contribution in [-0.2, 0) is 10.2 Å². The summed E-state index contributed by atoms with van der Waals surface area (Å²) in [6, 6.07) is 4.05. The summed E-state index contributed by atoms with van der Waals surface area (Å²) in [6.07, 6.45) is 0. The molecule has 1 aromatic rings. The van der Waals surface area contributed by atoms with Gasteiger partial charge in [-0.05, 0) is 23.1 Å². The Morgan fingerprint density at radius 1 is 1.06 bits per heavy atom. The molecule has 0 saturated carbocycles. The smallest absolute Gasteiger partial charge is 0.0746 e. The third-order valence-corrected chi connectivity index (χ3v) is 3.79. The molecule has 0 radical (unpaired) electrons. The monoisotopic (exact) mass is 287 g/mol. The van der Waals surface area contributed by atoms with E-state index in [2.05, 4.69) is 25.7 Å². The third-order valence-electron chi connectivity index (χ3n) is 3.21. The van der Waals surface area contributed by atoms with E-state index in [4.69, 9.17) is 27.9 Å². The van der Waals surface area contributed by atoms with Gasteiger partial charge in [0, 0.05) is 13.1 Å². The van der Waals surface area contributed by atoms with Crippen molar-refractivity contribution in [2.75, 3.05) is 31.2 Å². The molecule has 0 atom stereocenters. The fourth-order valence-corrected chi connectivity index (χ4v) is 2.81. The Bertz CT molecular complexity index is 411. The Kier molecular flexibility index (Phi) is 4.10. The number of hydrogen-bond donors (Lipinski definition) is 0. The van der Waals surface area contributed by atoms with Gasteiger partial charge in [0.05, 0.1) is 28.9 Å². The van der Waals surface area contributed by atoms with E-state index in [1.165, 1.54) is 0 Å². The number of benzene rings is 1. The topological polar surface area (TPSA) is 12.5 Å². The van der Waals surface area contributed by atoms with Gasteiger partial charge in [0.2, 0.25) is 0 Å². The standard InChI is InChI=1S/C14H19Cl2NO/c1-14(2,3)10-8-11(15)13(12(16)9-10)17-4-6-18-7-5-17/h8-9H,4-7H2,1-3H3. The summed E-state index contributed by atoms with van der Waals surface area (Å²) in [4.78, 5) is 2.20. The zero-order valence-corrected chi connectivity index (χ0v) is 12.6. The van der Waals surface area contributed by atoms with Crippen molar-refractivity contribution in [3.8, 4) is 0 Å². The molecule has 0 aliphatic carbocycles. The van der Waals surface area contributed by atoms with Gasteiger partial charge in [-0.25, -0.2) is 0 Å². The van der Waals surface area contributed by atoms with E-state index in [0.717, 1.165) is 47.6 Å². The summed E-state index contributed by atoms with van der Waals surface area (Å²) in [5.74, 6) is 0. The Morgan fingerprint density at radius 2 is 1.56 bits per heavy atom. The third kappa shape index (κ3) is 2.93. The highest BCUT2D eigenvalue weighted by Crippen LogP contribution is 2.38. The zero-order valence-electron chi connectivity index (χ0n) is 11.1. The highest BCUT2D eigenvalue weighted by molar-refractivity contribution is 6.39. The van der Waals surface area contributed by atoms with Gasteiger partial charge in [0.15, 0.2) is 0 Å². The number of rotatable bonds is 1. The van der Waals surface area contributed by atoms with Crippen molar-refractivity contribution >= 4 is 28.9 Å². The van der Waals surface area contributed by atoms with Gasteiger partial charge in [-0.15, -0.1) is 0 Å². The lowest BCUT2D eigenvalue weighted by Crippen LogP contribution is -2.36. The quantitative estimate of drug-likeness (QED) is 0.770. The van der Waals surface area contributed by atoms with Gasteiger partial charge >= 0.3 is 0 Å². The van der Waals surface area contributed by atoms with Crippen molar-refractivity contribution in [3.63, 3.8) is 0 Å². The van der Waals surface area contributed by atoms with Crippen LogP contribution in [0.4, 0.5) is 5.69 Å². The normalized spacial score (nSPS) is 17.1. The maximum Gasteiger partial charge on any atom is 0.0746 e. The van der Waals surface area contributed by atoms with E-state index in [9.17, 15) is 0 Å². The summed E-state index contributed by atoms with van der Waals surface area (Å²) < 4.78 is 5.35. The van der Waals surface area contributed by atoms with Gasteiger partial charge in [-0.3, -0.25) is 0 Å². The second-order valence-corrected chi connectivity index (χ2v) is 6.45. The van der Waals surface area contributed by atoms with E-state index < -0.39 is 0 Å². The van der Waals surface area contributed by atoms with Crippen LogP contribution in [0.3, 0.4) is 0 Å². The second-order valence-electron chi connectivity index (χ2n) is 5.64. The number of ether oxygens (including phenoxy) is 1. The Balaban J connectivity index is 2.37. The Hall–Kier alpha value is -0.440. The van der Waals surface area contributed by atoms with Gasteiger partial charge in [-0.1, -0.05) is 44.0 Å². The van der Waals surface area contributed by atoms with Gasteiger partial charge in [0.25, 0.3) is 0 Å². The second kappa shape index (κ2) is 5.28. The van der Waals surface area contributed by atoms with Crippen LogP contribution in [0, 0.1) is 0 Å². The first-order valence-electron chi connectivity index (χ1n) is 6.22. The molecule has 0 spiro atoms. The van der Waals surface area contributed by atoms with E-state index in [1.807, 2.05) is 12.1 Å². The minimum absolute atomic E-state index is 0.0524.